The van der Waals surface area contributed by atoms with Crippen LogP contribution in [0.15, 0.2) is 34.0 Å². The van der Waals surface area contributed by atoms with Gasteiger partial charge in [-0.15, -0.1) is 0 Å². The average Bonchev–Trinajstić information content (AvgIpc) is 2.74. The summed E-state index contributed by atoms with van der Waals surface area (Å²) in [5.74, 6) is -2.60. The quantitative estimate of drug-likeness (QED) is 0.405. The third-order valence-corrected chi connectivity index (χ3v) is 4.29. The number of pyridine rings is 1. The molecule has 2 amide bonds. The van der Waals surface area contributed by atoms with Gasteiger partial charge in [0.2, 0.25) is 0 Å². The number of phenols is 1. The van der Waals surface area contributed by atoms with Crippen molar-refractivity contribution in [2.24, 2.45) is 0 Å². The lowest BCUT2D eigenvalue weighted by Crippen LogP contribution is -2.24. The summed E-state index contributed by atoms with van der Waals surface area (Å²) >= 11 is 0. The normalized spacial score (nSPS) is 13.7. The van der Waals surface area contributed by atoms with Crippen LogP contribution in [0.1, 0.15) is 20.7 Å². The molecule has 124 valence electrons. The highest BCUT2D eigenvalue weighted by atomic mass is 32.2. The lowest BCUT2D eigenvalue weighted by Gasteiger charge is -2.13. The van der Waals surface area contributed by atoms with E-state index in [1.165, 1.54) is 0 Å². The number of carbonyl (C=O) groups is 2. The summed E-state index contributed by atoms with van der Waals surface area (Å²) in [7, 11) is -4.61. The summed E-state index contributed by atoms with van der Waals surface area (Å²) in [5.41, 5.74) is 4.04. The molecule has 1 aliphatic rings. The number of imide groups is 1. The Labute approximate surface area is 133 Å². The molecule has 3 rings (SSSR count). The van der Waals surface area contributed by atoms with Crippen LogP contribution in [0.3, 0.4) is 0 Å². The van der Waals surface area contributed by atoms with E-state index in [2.05, 4.69) is 0 Å². The topological polar surface area (TPSA) is 169 Å². The smallest absolute Gasteiger partial charge is 0.294 e. The van der Waals surface area contributed by atoms with E-state index in [0.29, 0.717) is 4.57 Å². The van der Waals surface area contributed by atoms with Gasteiger partial charge in [0.25, 0.3) is 27.5 Å². The van der Waals surface area contributed by atoms with Gasteiger partial charge in [0.05, 0.1) is 21.7 Å². The number of fused-ring (bicyclic) bond motifs is 1. The zero-order valence-electron chi connectivity index (χ0n) is 11.7. The van der Waals surface area contributed by atoms with Crippen molar-refractivity contribution < 1.29 is 27.7 Å². The predicted molar refractivity (Wildman–Crippen MR) is 79.7 cm³/mol. The minimum atomic E-state index is -4.61. The number of nitrogens with one attached hydrogen (secondary N) is 1. The van der Waals surface area contributed by atoms with Gasteiger partial charge in [-0.05, 0) is 18.2 Å². The summed E-state index contributed by atoms with van der Waals surface area (Å²) in [6.07, 6.45) is 0. The molecule has 10 nitrogen and oxygen atoms in total. The first-order valence-electron chi connectivity index (χ1n) is 6.33. The van der Waals surface area contributed by atoms with Crippen LogP contribution in [-0.4, -0.2) is 34.5 Å². The first-order valence-corrected chi connectivity index (χ1v) is 7.77. The molecule has 1 aliphatic heterocycles. The van der Waals surface area contributed by atoms with Crippen molar-refractivity contribution in [1.29, 1.82) is 0 Å². The Balaban J connectivity index is 2.37. The number of nitrogens with zero attached hydrogens (tertiary/aromatic N) is 1. The van der Waals surface area contributed by atoms with Gasteiger partial charge in [-0.1, -0.05) is 0 Å². The van der Waals surface area contributed by atoms with Gasteiger partial charge in [-0.3, -0.25) is 28.8 Å². The molecule has 0 bridgehead atoms. The fourth-order valence-electron chi connectivity index (χ4n) is 2.37. The number of hydrogen-bond donors (Lipinski definition) is 4. The number of nitrogen functional groups attached to an aromatic ring is 1. The SMILES string of the molecule is Nc1c2c(cc(=O)n1-c1cc(S(=O)(=O)O)ccc1O)C(=O)NC2=O. The maximum Gasteiger partial charge on any atom is 0.294 e. The fraction of sp³-hybridized carbons (Fsp3) is 0. The number of hydrogen-bond acceptors (Lipinski definition) is 7. The number of benzene rings is 1. The maximum atomic E-state index is 12.2. The summed E-state index contributed by atoms with van der Waals surface area (Å²) in [5, 5.41) is 11.9. The summed E-state index contributed by atoms with van der Waals surface area (Å²) in [6.45, 7) is 0. The summed E-state index contributed by atoms with van der Waals surface area (Å²) in [4.78, 5) is 35.0. The van der Waals surface area contributed by atoms with E-state index in [1.807, 2.05) is 5.32 Å². The van der Waals surface area contributed by atoms with E-state index >= 15 is 0 Å². The molecule has 0 saturated heterocycles. The molecular formula is C13H9N3O7S. The molecule has 0 radical (unpaired) electrons. The van der Waals surface area contributed by atoms with Crippen molar-refractivity contribution >= 4 is 27.8 Å². The molecule has 1 aromatic carbocycles. The number of nitrogens with two attached hydrogens (primary N) is 1. The van der Waals surface area contributed by atoms with Crippen LogP contribution < -0.4 is 16.6 Å². The molecular weight excluding hydrogens is 342 g/mol. The Morgan fingerprint density at radius 3 is 2.38 bits per heavy atom. The molecule has 0 saturated carbocycles. The van der Waals surface area contributed by atoms with Gasteiger partial charge >= 0.3 is 0 Å². The van der Waals surface area contributed by atoms with Crippen LogP contribution in [0.5, 0.6) is 5.75 Å². The van der Waals surface area contributed by atoms with E-state index < -0.39 is 44.0 Å². The second-order valence-corrected chi connectivity index (χ2v) is 6.32. The zero-order chi connectivity index (χ0) is 17.8. The predicted octanol–water partition coefficient (Wildman–Crippen LogP) is -0.744. The minimum Gasteiger partial charge on any atom is -0.506 e. The van der Waals surface area contributed by atoms with Crippen LogP contribution in [0.4, 0.5) is 5.82 Å². The van der Waals surface area contributed by atoms with Gasteiger partial charge in [-0.25, -0.2) is 0 Å². The van der Waals surface area contributed by atoms with E-state index in [-0.39, 0.29) is 16.8 Å². The Morgan fingerprint density at radius 2 is 1.75 bits per heavy atom. The van der Waals surface area contributed by atoms with Gasteiger partial charge in [0.15, 0.2) is 0 Å². The lowest BCUT2D eigenvalue weighted by molar-refractivity contribution is 0.0880. The van der Waals surface area contributed by atoms with Crippen molar-refractivity contribution in [3.8, 4) is 11.4 Å². The minimum absolute atomic E-state index is 0.218. The number of anilines is 1. The summed E-state index contributed by atoms with van der Waals surface area (Å²) in [6, 6.07) is 3.50. The van der Waals surface area contributed by atoms with E-state index in [1.54, 1.807) is 0 Å². The first-order chi connectivity index (χ1) is 11.1. The molecule has 1 aromatic heterocycles. The van der Waals surface area contributed by atoms with Crippen molar-refractivity contribution in [2.75, 3.05) is 5.73 Å². The Bertz CT molecular complexity index is 1090. The van der Waals surface area contributed by atoms with Crippen molar-refractivity contribution in [2.45, 2.75) is 4.90 Å². The van der Waals surface area contributed by atoms with Crippen molar-refractivity contribution in [3.05, 3.63) is 45.7 Å². The molecule has 24 heavy (non-hydrogen) atoms. The molecule has 11 heteroatoms. The molecule has 0 atom stereocenters. The van der Waals surface area contributed by atoms with Crippen LogP contribution in [-0.2, 0) is 10.1 Å². The fourth-order valence-corrected chi connectivity index (χ4v) is 2.87. The monoisotopic (exact) mass is 351 g/mol. The highest BCUT2D eigenvalue weighted by molar-refractivity contribution is 7.85. The number of rotatable bonds is 2. The number of phenolic OH excluding ortho intramolecular Hbond substituents is 1. The van der Waals surface area contributed by atoms with Crippen molar-refractivity contribution in [1.82, 2.24) is 9.88 Å². The number of amides is 2. The second kappa shape index (κ2) is 4.91. The highest BCUT2D eigenvalue weighted by Crippen LogP contribution is 2.29. The molecule has 2 heterocycles. The molecule has 0 spiro atoms. The maximum absolute atomic E-state index is 12.2. The molecule has 0 unspecified atom stereocenters. The average molecular weight is 351 g/mol. The van der Waals surface area contributed by atoms with Gasteiger partial charge < -0.3 is 10.8 Å². The lowest BCUT2D eigenvalue weighted by atomic mass is 10.1. The number of carbonyl (C=O) groups excluding carboxylic acids is 2. The van der Waals surface area contributed by atoms with Crippen LogP contribution in [0, 0.1) is 0 Å². The van der Waals surface area contributed by atoms with E-state index in [4.69, 9.17) is 10.3 Å². The molecule has 0 fully saturated rings. The number of aromatic hydroxyl groups is 1. The molecule has 5 N–H and O–H groups in total. The zero-order valence-corrected chi connectivity index (χ0v) is 12.5. The van der Waals surface area contributed by atoms with Crippen LogP contribution in [0.25, 0.3) is 5.69 Å². The Hall–Kier alpha value is -3.18. The Kier molecular flexibility index (Phi) is 3.21. The molecule has 0 aliphatic carbocycles. The molecule has 2 aromatic rings. The first kappa shape index (κ1) is 15.7. The highest BCUT2D eigenvalue weighted by Gasteiger charge is 2.32. The van der Waals surface area contributed by atoms with Gasteiger partial charge in [0.1, 0.15) is 11.6 Å². The van der Waals surface area contributed by atoms with Crippen molar-refractivity contribution in [3.63, 3.8) is 0 Å². The van der Waals surface area contributed by atoms with Crippen LogP contribution >= 0.6 is 0 Å². The summed E-state index contributed by atoms with van der Waals surface area (Å²) < 4.78 is 32.2. The van der Waals surface area contributed by atoms with E-state index in [0.717, 1.165) is 24.3 Å². The van der Waals surface area contributed by atoms with Gasteiger partial charge in [0, 0.05) is 6.07 Å². The van der Waals surface area contributed by atoms with E-state index in [9.17, 15) is 27.9 Å². The second-order valence-electron chi connectivity index (χ2n) is 4.90. The number of aromatic nitrogens is 1. The third-order valence-electron chi connectivity index (χ3n) is 3.44. The van der Waals surface area contributed by atoms with Gasteiger partial charge in [-0.2, -0.15) is 8.42 Å². The standard InChI is InChI=1S/C13H9N3O7S/c14-11-10-6(12(19)15-13(10)20)4-9(18)16(11)7-3-5(24(21,22)23)1-2-8(7)17/h1-4,17H,14H2,(H,15,19,20)(H,21,22,23). The Morgan fingerprint density at radius 1 is 1.08 bits per heavy atom. The van der Waals surface area contributed by atoms with Crippen LogP contribution in [0.2, 0.25) is 0 Å². The largest absolute Gasteiger partial charge is 0.506 e. The third kappa shape index (κ3) is 2.23.